The number of H-pyrrole nitrogens is 2. The fourth-order valence-corrected chi connectivity index (χ4v) is 0.925. The number of anilines is 1. The van der Waals surface area contributed by atoms with Crippen molar-refractivity contribution in [3.63, 3.8) is 0 Å². The molecular weight excluding hydrogens is 160 g/mol. The number of aromatic hydroxyl groups is 1. The quantitative estimate of drug-likeness (QED) is 0.365. The van der Waals surface area contributed by atoms with Crippen LogP contribution in [-0.4, -0.2) is 21.6 Å². The van der Waals surface area contributed by atoms with Gasteiger partial charge in [0.25, 0.3) is 0 Å². The Bertz CT molecular complexity index is 303. The molecule has 6 heteroatoms. The molecule has 12 heavy (non-hydrogen) atoms. The first-order chi connectivity index (χ1) is 5.65. The third kappa shape index (κ3) is 1.59. The van der Waals surface area contributed by atoms with Gasteiger partial charge in [-0.15, -0.1) is 0 Å². The van der Waals surface area contributed by atoms with Gasteiger partial charge >= 0.3 is 5.69 Å². The van der Waals surface area contributed by atoms with Crippen molar-refractivity contribution in [2.45, 2.75) is 13.3 Å². The van der Waals surface area contributed by atoms with Crippen LogP contribution in [0, 0.1) is 0 Å². The van der Waals surface area contributed by atoms with Crippen molar-refractivity contribution in [1.82, 2.24) is 9.97 Å². The van der Waals surface area contributed by atoms with E-state index in [4.69, 9.17) is 10.9 Å². The van der Waals surface area contributed by atoms with Gasteiger partial charge in [0.2, 0.25) is 5.88 Å². The second-order valence-corrected chi connectivity index (χ2v) is 2.47. The molecule has 0 saturated carbocycles. The molecule has 0 spiro atoms. The highest BCUT2D eigenvalue weighted by Gasteiger charge is 2.09. The highest BCUT2D eigenvalue weighted by molar-refractivity contribution is 5.45. The summed E-state index contributed by atoms with van der Waals surface area (Å²) in [5.74, 6) is 5.50. The first-order valence-corrected chi connectivity index (χ1v) is 3.68. The molecule has 0 amide bonds. The van der Waals surface area contributed by atoms with Crippen LogP contribution in [0.2, 0.25) is 0 Å². The lowest BCUT2D eigenvalue weighted by atomic mass is 10.4. The molecular formula is C6H12N4O2. The Balaban J connectivity index is 2.86. The average Bonchev–Trinajstić information content (AvgIpc) is 2.30. The van der Waals surface area contributed by atoms with Gasteiger partial charge in [0, 0.05) is 6.54 Å². The second kappa shape index (κ2) is 3.31. The standard InChI is InChI=1S/C6H12N4O2/c1-2-3-10(7)4-5(11)9-6(12)8-4/h11H,2-3,7H2,1H3,(H2,8,9,12). The Kier molecular flexibility index (Phi) is 2.39. The first-order valence-electron chi connectivity index (χ1n) is 3.68. The lowest BCUT2D eigenvalue weighted by Gasteiger charge is -2.14. The first kappa shape index (κ1) is 8.66. The highest BCUT2D eigenvalue weighted by atomic mass is 16.3. The van der Waals surface area contributed by atoms with Gasteiger partial charge in [-0.25, -0.2) is 10.6 Å². The van der Waals surface area contributed by atoms with Crippen molar-refractivity contribution >= 4 is 5.82 Å². The van der Waals surface area contributed by atoms with Crippen LogP contribution in [0.25, 0.3) is 0 Å². The second-order valence-electron chi connectivity index (χ2n) is 2.47. The van der Waals surface area contributed by atoms with E-state index in [2.05, 4.69) is 9.97 Å². The molecule has 0 radical (unpaired) electrons. The van der Waals surface area contributed by atoms with Gasteiger partial charge in [0.05, 0.1) is 0 Å². The van der Waals surface area contributed by atoms with Gasteiger partial charge in [-0.1, -0.05) is 6.92 Å². The lowest BCUT2D eigenvalue weighted by Crippen LogP contribution is -2.32. The zero-order chi connectivity index (χ0) is 9.14. The SMILES string of the molecule is CCCN(N)c1[nH]c(=O)[nH]c1O. The third-order valence-electron chi connectivity index (χ3n) is 1.44. The normalized spacial score (nSPS) is 10.2. The molecule has 6 nitrogen and oxygen atoms in total. The minimum Gasteiger partial charge on any atom is -0.492 e. The Morgan fingerprint density at radius 1 is 1.58 bits per heavy atom. The molecule has 0 aliphatic heterocycles. The van der Waals surface area contributed by atoms with Crippen molar-refractivity contribution < 1.29 is 5.11 Å². The summed E-state index contributed by atoms with van der Waals surface area (Å²) in [6.45, 7) is 2.52. The van der Waals surface area contributed by atoms with Crippen molar-refractivity contribution in [3.05, 3.63) is 10.5 Å². The Morgan fingerprint density at radius 2 is 2.25 bits per heavy atom. The molecule has 0 atom stereocenters. The van der Waals surface area contributed by atoms with Crippen molar-refractivity contribution in [1.29, 1.82) is 0 Å². The van der Waals surface area contributed by atoms with Crippen LogP contribution in [0.1, 0.15) is 13.3 Å². The van der Waals surface area contributed by atoms with E-state index in [0.717, 1.165) is 6.42 Å². The Morgan fingerprint density at radius 3 is 2.67 bits per heavy atom. The smallest absolute Gasteiger partial charge is 0.327 e. The van der Waals surface area contributed by atoms with Gasteiger partial charge in [0.1, 0.15) is 0 Å². The van der Waals surface area contributed by atoms with Crippen LogP contribution >= 0.6 is 0 Å². The van der Waals surface area contributed by atoms with Crippen LogP contribution in [-0.2, 0) is 0 Å². The molecule has 1 rings (SSSR count). The summed E-state index contributed by atoms with van der Waals surface area (Å²) in [6, 6.07) is 0. The van der Waals surface area contributed by atoms with E-state index in [9.17, 15) is 4.79 Å². The molecule has 1 heterocycles. The molecule has 0 saturated heterocycles. The predicted octanol–water partition coefficient (Wildman–Crippen LogP) is -0.501. The van der Waals surface area contributed by atoms with E-state index in [1.54, 1.807) is 0 Å². The molecule has 5 N–H and O–H groups in total. The van der Waals surface area contributed by atoms with E-state index in [1.165, 1.54) is 5.01 Å². The molecule has 68 valence electrons. The number of nitrogens with two attached hydrogens (primary N) is 1. The summed E-state index contributed by atoms with van der Waals surface area (Å²) in [4.78, 5) is 15.2. The number of aromatic nitrogens is 2. The van der Waals surface area contributed by atoms with Crippen LogP contribution < -0.4 is 16.5 Å². The van der Waals surface area contributed by atoms with Crippen molar-refractivity contribution in [2.24, 2.45) is 5.84 Å². The average molecular weight is 172 g/mol. The van der Waals surface area contributed by atoms with Gasteiger partial charge in [-0.3, -0.25) is 15.0 Å². The number of aromatic amines is 2. The zero-order valence-corrected chi connectivity index (χ0v) is 6.79. The summed E-state index contributed by atoms with van der Waals surface area (Å²) in [7, 11) is 0. The molecule has 1 aromatic heterocycles. The maximum Gasteiger partial charge on any atom is 0.327 e. The maximum absolute atomic E-state index is 10.7. The van der Waals surface area contributed by atoms with Gasteiger partial charge < -0.3 is 5.11 Å². The number of hydrogen-bond acceptors (Lipinski definition) is 4. The van der Waals surface area contributed by atoms with E-state index in [0.29, 0.717) is 6.54 Å². The highest BCUT2D eigenvalue weighted by Crippen LogP contribution is 2.16. The van der Waals surface area contributed by atoms with Crippen LogP contribution in [0.4, 0.5) is 5.82 Å². The number of hydrazine groups is 1. The Labute approximate surface area is 69.0 Å². The zero-order valence-electron chi connectivity index (χ0n) is 6.79. The fourth-order valence-electron chi connectivity index (χ4n) is 0.925. The number of rotatable bonds is 3. The van der Waals surface area contributed by atoms with Gasteiger partial charge in [-0.05, 0) is 6.42 Å². The van der Waals surface area contributed by atoms with E-state index in [1.807, 2.05) is 6.92 Å². The minimum atomic E-state index is -0.464. The summed E-state index contributed by atoms with van der Waals surface area (Å²) >= 11 is 0. The van der Waals surface area contributed by atoms with Crippen LogP contribution in [0.15, 0.2) is 4.79 Å². The molecule has 0 bridgehead atoms. The largest absolute Gasteiger partial charge is 0.492 e. The molecule has 0 aliphatic carbocycles. The summed E-state index contributed by atoms with van der Waals surface area (Å²) in [5.41, 5.74) is -0.464. The number of imidazole rings is 1. The monoisotopic (exact) mass is 172 g/mol. The van der Waals surface area contributed by atoms with Crippen LogP contribution in [0.5, 0.6) is 5.88 Å². The van der Waals surface area contributed by atoms with E-state index in [-0.39, 0.29) is 11.7 Å². The Hall–Kier alpha value is -1.43. The summed E-state index contributed by atoms with van der Waals surface area (Å²) < 4.78 is 0. The topological polar surface area (TPSA) is 98.1 Å². The molecule has 0 fully saturated rings. The number of nitrogens with one attached hydrogen (secondary N) is 2. The fraction of sp³-hybridized carbons (Fsp3) is 0.500. The third-order valence-corrected chi connectivity index (χ3v) is 1.44. The maximum atomic E-state index is 10.7. The van der Waals surface area contributed by atoms with E-state index >= 15 is 0 Å². The summed E-state index contributed by atoms with van der Waals surface area (Å²) in [5, 5.41) is 10.4. The lowest BCUT2D eigenvalue weighted by molar-refractivity contribution is 0.454. The molecule has 0 aliphatic rings. The van der Waals surface area contributed by atoms with Crippen molar-refractivity contribution in [3.8, 4) is 5.88 Å². The van der Waals surface area contributed by atoms with Crippen LogP contribution in [0.3, 0.4) is 0 Å². The minimum absolute atomic E-state index is 0.224. The van der Waals surface area contributed by atoms with Crippen molar-refractivity contribution in [2.75, 3.05) is 11.6 Å². The number of nitrogens with zero attached hydrogens (tertiary/aromatic N) is 1. The van der Waals surface area contributed by atoms with Gasteiger partial charge in [-0.2, -0.15) is 0 Å². The van der Waals surface area contributed by atoms with E-state index < -0.39 is 5.69 Å². The molecule has 0 unspecified atom stereocenters. The van der Waals surface area contributed by atoms with Gasteiger partial charge in [0.15, 0.2) is 5.82 Å². The number of hydrogen-bond donors (Lipinski definition) is 4. The molecule has 1 aromatic rings. The predicted molar refractivity (Wildman–Crippen MR) is 44.9 cm³/mol. The summed E-state index contributed by atoms with van der Waals surface area (Å²) in [6.07, 6.45) is 0.836. The molecule has 0 aromatic carbocycles.